The van der Waals surface area contributed by atoms with Crippen molar-refractivity contribution in [2.75, 3.05) is 11.9 Å². The number of amides is 1. The van der Waals surface area contributed by atoms with Crippen LogP contribution in [0.4, 0.5) is 5.00 Å². The maximum atomic E-state index is 12.6. The highest BCUT2D eigenvalue weighted by Gasteiger charge is 2.23. The fourth-order valence-corrected chi connectivity index (χ4v) is 3.79. The lowest BCUT2D eigenvalue weighted by atomic mass is 9.97. The first kappa shape index (κ1) is 18.8. The Labute approximate surface area is 162 Å². The number of rotatable bonds is 5. The lowest BCUT2D eigenvalue weighted by molar-refractivity contribution is 0.0529. The Morgan fingerprint density at radius 3 is 2.52 bits per heavy atom. The first-order chi connectivity index (χ1) is 13.0. The standard InChI is InChI=1S/C21H20N2O3S/c1-4-26-21(25)18-17(16-6-5-13(2)11-14(16)3)12-27-20(18)23-19(24)15-7-9-22-10-8-15/h5-12H,4H2,1-3H3,(H,23,24). The Kier molecular flexibility index (Phi) is 5.66. The molecule has 0 spiro atoms. The van der Waals surface area contributed by atoms with E-state index < -0.39 is 5.97 Å². The highest BCUT2D eigenvalue weighted by Crippen LogP contribution is 2.38. The summed E-state index contributed by atoms with van der Waals surface area (Å²) < 4.78 is 5.25. The molecule has 0 aliphatic heterocycles. The van der Waals surface area contributed by atoms with Gasteiger partial charge in [-0.15, -0.1) is 11.3 Å². The van der Waals surface area contributed by atoms with Crippen molar-refractivity contribution in [3.63, 3.8) is 0 Å². The lowest BCUT2D eigenvalue weighted by Gasteiger charge is -2.11. The van der Waals surface area contributed by atoms with E-state index >= 15 is 0 Å². The van der Waals surface area contributed by atoms with Gasteiger partial charge in [-0.2, -0.15) is 0 Å². The van der Waals surface area contributed by atoms with Crippen molar-refractivity contribution in [1.29, 1.82) is 0 Å². The number of carbonyl (C=O) groups excluding carboxylic acids is 2. The van der Waals surface area contributed by atoms with Crippen molar-refractivity contribution in [1.82, 2.24) is 4.98 Å². The minimum atomic E-state index is -0.446. The monoisotopic (exact) mass is 380 g/mol. The number of hydrogen-bond donors (Lipinski definition) is 1. The SMILES string of the molecule is CCOC(=O)c1c(-c2ccc(C)cc2C)csc1NC(=O)c1ccncc1. The fourth-order valence-electron chi connectivity index (χ4n) is 2.85. The Balaban J connectivity index is 2.03. The molecule has 0 aliphatic carbocycles. The molecule has 2 heterocycles. The topological polar surface area (TPSA) is 68.3 Å². The number of aromatic nitrogens is 1. The van der Waals surface area contributed by atoms with Gasteiger partial charge < -0.3 is 10.1 Å². The zero-order chi connectivity index (χ0) is 19.4. The third kappa shape index (κ3) is 4.06. The summed E-state index contributed by atoms with van der Waals surface area (Å²) in [5, 5.41) is 5.20. The van der Waals surface area contributed by atoms with E-state index in [1.165, 1.54) is 11.3 Å². The van der Waals surface area contributed by atoms with Gasteiger partial charge in [0, 0.05) is 28.9 Å². The zero-order valence-corrected chi connectivity index (χ0v) is 16.2. The quantitative estimate of drug-likeness (QED) is 0.642. The predicted molar refractivity (Wildman–Crippen MR) is 107 cm³/mol. The second kappa shape index (κ2) is 8.14. The lowest BCUT2D eigenvalue weighted by Crippen LogP contribution is -2.14. The van der Waals surface area contributed by atoms with Crippen molar-refractivity contribution >= 4 is 28.2 Å². The number of benzene rings is 1. The zero-order valence-electron chi connectivity index (χ0n) is 15.4. The van der Waals surface area contributed by atoms with E-state index in [1.807, 2.05) is 31.4 Å². The summed E-state index contributed by atoms with van der Waals surface area (Å²) in [6.45, 7) is 6.05. The molecule has 1 N–H and O–H groups in total. The first-order valence-electron chi connectivity index (χ1n) is 8.59. The van der Waals surface area contributed by atoms with E-state index in [0.29, 0.717) is 16.1 Å². The van der Waals surface area contributed by atoms with Gasteiger partial charge in [0.2, 0.25) is 0 Å². The van der Waals surface area contributed by atoms with Crippen LogP contribution in [0.3, 0.4) is 0 Å². The van der Waals surface area contributed by atoms with Crippen LogP contribution in [0.1, 0.15) is 38.8 Å². The summed E-state index contributed by atoms with van der Waals surface area (Å²) in [5.74, 6) is -0.740. The molecule has 5 nitrogen and oxygen atoms in total. The maximum absolute atomic E-state index is 12.6. The van der Waals surface area contributed by atoms with Crippen LogP contribution in [0.25, 0.3) is 11.1 Å². The van der Waals surface area contributed by atoms with E-state index in [0.717, 1.165) is 22.3 Å². The number of aryl methyl sites for hydroxylation is 2. The van der Waals surface area contributed by atoms with Crippen molar-refractivity contribution in [3.05, 3.63) is 70.4 Å². The van der Waals surface area contributed by atoms with Crippen molar-refractivity contribution in [2.24, 2.45) is 0 Å². The molecule has 27 heavy (non-hydrogen) atoms. The van der Waals surface area contributed by atoms with E-state index in [1.54, 1.807) is 31.5 Å². The van der Waals surface area contributed by atoms with Crippen LogP contribution in [0.5, 0.6) is 0 Å². The molecule has 0 bridgehead atoms. The minimum absolute atomic E-state index is 0.263. The van der Waals surface area contributed by atoms with Crippen LogP contribution in [0, 0.1) is 13.8 Å². The Hall–Kier alpha value is -2.99. The summed E-state index contributed by atoms with van der Waals surface area (Å²) in [6, 6.07) is 9.31. The van der Waals surface area contributed by atoms with Gasteiger partial charge in [-0.05, 0) is 44.0 Å². The molecule has 2 aromatic heterocycles. The van der Waals surface area contributed by atoms with Crippen molar-refractivity contribution in [3.8, 4) is 11.1 Å². The number of nitrogens with one attached hydrogen (secondary N) is 1. The Morgan fingerprint density at radius 1 is 1.11 bits per heavy atom. The average Bonchev–Trinajstić information content (AvgIpc) is 3.06. The van der Waals surface area contributed by atoms with E-state index in [9.17, 15) is 9.59 Å². The average molecular weight is 380 g/mol. The molecule has 1 aromatic carbocycles. The fraction of sp³-hybridized carbons (Fsp3) is 0.190. The smallest absolute Gasteiger partial charge is 0.341 e. The summed E-state index contributed by atoms with van der Waals surface area (Å²) in [7, 11) is 0. The van der Waals surface area contributed by atoms with Crippen LogP contribution in [-0.4, -0.2) is 23.5 Å². The minimum Gasteiger partial charge on any atom is -0.462 e. The van der Waals surface area contributed by atoms with E-state index in [4.69, 9.17) is 4.74 Å². The van der Waals surface area contributed by atoms with Gasteiger partial charge in [0.15, 0.2) is 0 Å². The molecule has 3 rings (SSSR count). The molecule has 0 aliphatic rings. The summed E-state index contributed by atoms with van der Waals surface area (Å²) in [5.41, 5.74) is 4.78. The van der Waals surface area contributed by atoms with Crippen LogP contribution in [-0.2, 0) is 4.74 Å². The maximum Gasteiger partial charge on any atom is 0.341 e. The number of anilines is 1. The molecule has 0 unspecified atom stereocenters. The van der Waals surface area contributed by atoms with Gasteiger partial charge in [0.25, 0.3) is 5.91 Å². The second-order valence-corrected chi connectivity index (χ2v) is 6.96. The summed E-state index contributed by atoms with van der Waals surface area (Å²) in [6.07, 6.45) is 3.10. The molecule has 0 atom stereocenters. The van der Waals surface area contributed by atoms with Gasteiger partial charge in [-0.3, -0.25) is 9.78 Å². The molecule has 0 saturated heterocycles. The highest BCUT2D eigenvalue weighted by atomic mass is 32.1. The Bertz CT molecular complexity index is 980. The predicted octanol–water partition coefficient (Wildman–Crippen LogP) is 4.86. The molecule has 1 amide bonds. The van der Waals surface area contributed by atoms with Gasteiger partial charge in [-0.1, -0.05) is 23.8 Å². The molecular formula is C21H20N2O3S. The van der Waals surface area contributed by atoms with Crippen LogP contribution >= 0.6 is 11.3 Å². The third-order valence-electron chi connectivity index (χ3n) is 4.11. The number of nitrogens with zero attached hydrogens (tertiary/aromatic N) is 1. The first-order valence-corrected chi connectivity index (χ1v) is 9.46. The normalized spacial score (nSPS) is 10.5. The van der Waals surface area contributed by atoms with Crippen LogP contribution in [0.2, 0.25) is 0 Å². The number of esters is 1. The van der Waals surface area contributed by atoms with Gasteiger partial charge >= 0.3 is 5.97 Å². The van der Waals surface area contributed by atoms with Gasteiger partial charge in [-0.25, -0.2) is 4.79 Å². The van der Waals surface area contributed by atoms with E-state index in [2.05, 4.69) is 16.4 Å². The van der Waals surface area contributed by atoms with Crippen molar-refractivity contribution < 1.29 is 14.3 Å². The number of ether oxygens (including phenoxy) is 1. The number of carbonyl (C=O) groups is 2. The third-order valence-corrected chi connectivity index (χ3v) is 5.01. The second-order valence-electron chi connectivity index (χ2n) is 6.08. The highest BCUT2D eigenvalue weighted by molar-refractivity contribution is 7.15. The number of pyridine rings is 1. The van der Waals surface area contributed by atoms with E-state index in [-0.39, 0.29) is 12.5 Å². The summed E-state index contributed by atoms with van der Waals surface area (Å²) in [4.78, 5) is 29.1. The molecule has 3 aromatic rings. The van der Waals surface area contributed by atoms with Gasteiger partial charge in [0.1, 0.15) is 10.6 Å². The van der Waals surface area contributed by atoms with Crippen LogP contribution < -0.4 is 5.32 Å². The molecular weight excluding hydrogens is 360 g/mol. The largest absolute Gasteiger partial charge is 0.462 e. The van der Waals surface area contributed by atoms with Crippen molar-refractivity contribution in [2.45, 2.75) is 20.8 Å². The number of hydrogen-bond acceptors (Lipinski definition) is 5. The van der Waals surface area contributed by atoms with Gasteiger partial charge in [0.05, 0.1) is 6.61 Å². The molecule has 6 heteroatoms. The molecule has 138 valence electrons. The Morgan fingerprint density at radius 2 is 1.85 bits per heavy atom. The number of thiophene rings is 1. The molecule has 0 radical (unpaired) electrons. The summed E-state index contributed by atoms with van der Waals surface area (Å²) >= 11 is 1.31. The molecule has 0 saturated carbocycles. The van der Waals surface area contributed by atoms with Crippen LogP contribution in [0.15, 0.2) is 48.1 Å². The molecule has 0 fully saturated rings.